The zero-order chi connectivity index (χ0) is 28.5. The number of hydrogen-bond donors (Lipinski definition) is 1. The summed E-state index contributed by atoms with van der Waals surface area (Å²) in [6.45, 7) is 2.67. The van der Waals surface area contributed by atoms with E-state index in [-0.39, 0.29) is 18.0 Å². The maximum atomic E-state index is 13.2. The van der Waals surface area contributed by atoms with Crippen molar-refractivity contribution < 1.29 is 23.4 Å². The molecule has 0 unspecified atom stereocenters. The molecule has 6 nitrogen and oxygen atoms in total. The van der Waals surface area contributed by atoms with E-state index in [0.29, 0.717) is 39.6 Å². The van der Waals surface area contributed by atoms with Crippen LogP contribution in [0, 0.1) is 24.1 Å². The Morgan fingerprint density at radius 3 is 2.20 bits per heavy atom. The van der Waals surface area contributed by atoms with Gasteiger partial charge in [0.05, 0.1) is 11.6 Å². The highest BCUT2D eigenvalue weighted by atomic mass is 79.9. The zero-order valence-electron chi connectivity index (χ0n) is 21.9. The van der Waals surface area contributed by atoms with Crippen molar-refractivity contribution in [1.82, 2.24) is 0 Å². The number of methoxy groups -OCH3 is 1. The van der Waals surface area contributed by atoms with Crippen LogP contribution in [0.3, 0.4) is 0 Å². The molecule has 1 amide bonds. The summed E-state index contributed by atoms with van der Waals surface area (Å²) in [4.78, 5) is 12.8. The molecular weight excluding hydrogens is 575 g/mol. The maximum absolute atomic E-state index is 13.2. The molecule has 0 spiro atoms. The lowest BCUT2D eigenvalue weighted by Gasteiger charge is -2.14. The van der Waals surface area contributed by atoms with Gasteiger partial charge in [0, 0.05) is 5.69 Å². The van der Waals surface area contributed by atoms with Gasteiger partial charge in [0.25, 0.3) is 5.91 Å². The van der Waals surface area contributed by atoms with Gasteiger partial charge in [-0.25, -0.2) is 4.39 Å². The molecule has 0 atom stereocenters. The van der Waals surface area contributed by atoms with Crippen LogP contribution in [-0.2, 0) is 18.0 Å². The number of hydrogen-bond acceptors (Lipinski definition) is 5. The highest BCUT2D eigenvalue weighted by Gasteiger charge is 2.15. The number of benzene rings is 4. The fourth-order valence-corrected chi connectivity index (χ4v) is 4.27. The first-order chi connectivity index (χ1) is 19.3. The van der Waals surface area contributed by atoms with E-state index in [1.807, 2.05) is 37.3 Å². The number of anilines is 1. The highest BCUT2D eigenvalue weighted by Crippen LogP contribution is 2.38. The van der Waals surface area contributed by atoms with Gasteiger partial charge in [-0.3, -0.25) is 4.79 Å². The van der Waals surface area contributed by atoms with Gasteiger partial charge in [0.1, 0.15) is 36.4 Å². The Kier molecular flexibility index (Phi) is 9.55. The normalized spacial score (nSPS) is 10.9. The molecule has 0 bridgehead atoms. The Morgan fingerprint density at radius 1 is 0.950 bits per heavy atom. The van der Waals surface area contributed by atoms with Crippen molar-refractivity contribution in [2.75, 3.05) is 12.4 Å². The summed E-state index contributed by atoms with van der Waals surface area (Å²) in [6.07, 6.45) is 1.46. The highest BCUT2D eigenvalue weighted by molar-refractivity contribution is 9.10. The number of carbonyl (C=O) groups excluding carboxylic acids is 1. The molecule has 4 rings (SSSR count). The molecule has 8 heteroatoms. The lowest BCUT2D eigenvalue weighted by Crippen LogP contribution is -2.13. The van der Waals surface area contributed by atoms with Crippen LogP contribution >= 0.6 is 15.9 Å². The minimum atomic E-state index is -0.553. The standard InChI is InChI=1S/C32H26BrFN2O4/c1-21-3-5-22(6-4-21)19-39-28-13-11-27(12-14-28)36-32(37)25(18-35)15-24-16-29(33)31(30(17-24)38-2)40-20-23-7-9-26(34)10-8-23/h3-17H,19-20H2,1-2H3,(H,36,37)/b25-15+. The quantitative estimate of drug-likeness (QED) is 0.150. The minimum absolute atomic E-state index is 0.0892. The summed E-state index contributed by atoms with van der Waals surface area (Å²) in [5, 5.41) is 12.4. The molecule has 0 fully saturated rings. The summed E-state index contributed by atoms with van der Waals surface area (Å²) in [5.74, 6) is 0.630. The molecule has 0 heterocycles. The Hall–Kier alpha value is -4.61. The van der Waals surface area contributed by atoms with Crippen LogP contribution in [0.15, 0.2) is 95.0 Å². The largest absolute Gasteiger partial charge is 0.493 e. The molecule has 0 aliphatic rings. The third-order valence-corrected chi connectivity index (χ3v) is 6.45. The van der Waals surface area contributed by atoms with Crippen molar-refractivity contribution in [3.8, 4) is 23.3 Å². The molecule has 1 N–H and O–H groups in total. The van der Waals surface area contributed by atoms with Crippen LogP contribution < -0.4 is 19.5 Å². The number of aryl methyl sites for hydroxylation is 1. The van der Waals surface area contributed by atoms with Gasteiger partial charge in [-0.05, 0) is 94.2 Å². The van der Waals surface area contributed by atoms with Crippen molar-refractivity contribution in [2.24, 2.45) is 0 Å². The molecule has 0 aliphatic carbocycles. The number of nitrogens with zero attached hydrogens (tertiary/aromatic N) is 1. The topological polar surface area (TPSA) is 80.6 Å². The van der Waals surface area contributed by atoms with Gasteiger partial charge in [-0.2, -0.15) is 5.26 Å². The Bertz CT molecular complexity index is 1540. The Balaban J connectivity index is 1.41. The number of nitriles is 1. The van der Waals surface area contributed by atoms with Gasteiger partial charge >= 0.3 is 0 Å². The second-order valence-corrected chi connectivity index (χ2v) is 9.73. The van der Waals surface area contributed by atoms with Crippen molar-refractivity contribution in [3.63, 3.8) is 0 Å². The Labute approximate surface area is 240 Å². The average Bonchev–Trinajstić information content (AvgIpc) is 2.96. The molecule has 0 aromatic heterocycles. The van der Waals surface area contributed by atoms with Gasteiger partial charge in [-0.1, -0.05) is 42.0 Å². The molecule has 202 valence electrons. The maximum Gasteiger partial charge on any atom is 0.266 e. The molecule has 0 saturated carbocycles. The third kappa shape index (κ3) is 7.71. The second kappa shape index (κ2) is 13.5. The van der Waals surface area contributed by atoms with Crippen molar-refractivity contribution in [2.45, 2.75) is 20.1 Å². The van der Waals surface area contributed by atoms with E-state index in [0.717, 1.165) is 11.1 Å². The summed E-state index contributed by atoms with van der Waals surface area (Å²) in [6, 6.07) is 26.4. The predicted molar refractivity (Wildman–Crippen MR) is 156 cm³/mol. The molecule has 0 saturated heterocycles. The SMILES string of the molecule is COc1cc(/C=C(\C#N)C(=O)Nc2ccc(OCc3ccc(C)cc3)cc2)cc(Br)c1OCc1ccc(F)cc1. The monoisotopic (exact) mass is 600 g/mol. The van der Waals surface area contributed by atoms with E-state index in [9.17, 15) is 14.4 Å². The van der Waals surface area contributed by atoms with Crippen LogP contribution in [0.5, 0.6) is 17.2 Å². The second-order valence-electron chi connectivity index (χ2n) is 8.87. The van der Waals surface area contributed by atoms with Crippen LogP contribution in [0.25, 0.3) is 6.08 Å². The first kappa shape index (κ1) is 28.4. The van der Waals surface area contributed by atoms with E-state index in [1.165, 1.54) is 30.9 Å². The lowest BCUT2D eigenvalue weighted by atomic mass is 10.1. The summed E-state index contributed by atoms with van der Waals surface area (Å²) >= 11 is 3.47. The minimum Gasteiger partial charge on any atom is -0.493 e. The lowest BCUT2D eigenvalue weighted by molar-refractivity contribution is -0.112. The number of ether oxygens (including phenoxy) is 3. The summed E-state index contributed by atoms with van der Waals surface area (Å²) in [5.41, 5.74) is 4.03. The molecule has 4 aromatic rings. The molecule has 4 aromatic carbocycles. The number of halogens is 2. The van der Waals surface area contributed by atoms with Crippen LogP contribution in [0.4, 0.5) is 10.1 Å². The van der Waals surface area contributed by atoms with Crippen molar-refractivity contribution >= 4 is 33.6 Å². The van der Waals surface area contributed by atoms with Crippen LogP contribution in [-0.4, -0.2) is 13.0 Å². The van der Waals surface area contributed by atoms with Gasteiger partial charge in [-0.15, -0.1) is 0 Å². The molecule has 0 aliphatic heterocycles. The van der Waals surface area contributed by atoms with E-state index < -0.39 is 5.91 Å². The van der Waals surface area contributed by atoms with E-state index in [2.05, 4.69) is 21.2 Å². The van der Waals surface area contributed by atoms with Crippen molar-refractivity contribution in [1.29, 1.82) is 5.26 Å². The Morgan fingerprint density at radius 2 is 1.57 bits per heavy atom. The fourth-order valence-electron chi connectivity index (χ4n) is 3.70. The van der Waals surface area contributed by atoms with Crippen LogP contribution in [0.2, 0.25) is 0 Å². The van der Waals surface area contributed by atoms with E-state index in [1.54, 1.807) is 48.5 Å². The molecular formula is C32H26BrFN2O4. The molecule has 0 radical (unpaired) electrons. The zero-order valence-corrected chi connectivity index (χ0v) is 23.5. The summed E-state index contributed by atoms with van der Waals surface area (Å²) in [7, 11) is 1.49. The van der Waals surface area contributed by atoms with Gasteiger partial charge < -0.3 is 19.5 Å². The summed E-state index contributed by atoms with van der Waals surface area (Å²) < 4.78 is 30.9. The number of rotatable bonds is 10. The van der Waals surface area contributed by atoms with E-state index >= 15 is 0 Å². The van der Waals surface area contributed by atoms with E-state index in [4.69, 9.17) is 14.2 Å². The van der Waals surface area contributed by atoms with Gasteiger partial charge in [0.15, 0.2) is 11.5 Å². The van der Waals surface area contributed by atoms with Crippen LogP contribution in [0.1, 0.15) is 22.3 Å². The number of nitrogens with one attached hydrogen (secondary N) is 1. The number of carbonyl (C=O) groups is 1. The smallest absolute Gasteiger partial charge is 0.266 e. The fraction of sp³-hybridized carbons (Fsp3) is 0.125. The van der Waals surface area contributed by atoms with Gasteiger partial charge in [0.2, 0.25) is 0 Å². The number of amides is 1. The third-order valence-electron chi connectivity index (χ3n) is 5.86. The first-order valence-electron chi connectivity index (χ1n) is 12.3. The predicted octanol–water partition coefficient (Wildman–Crippen LogP) is 7.61. The van der Waals surface area contributed by atoms with Crippen molar-refractivity contribution in [3.05, 3.63) is 123 Å². The average molecular weight is 601 g/mol. The molecule has 40 heavy (non-hydrogen) atoms. The first-order valence-corrected chi connectivity index (χ1v) is 13.1.